The van der Waals surface area contributed by atoms with Gasteiger partial charge in [0.15, 0.2) is 0 Å². The van der Waals surface area contributed by atoms with Crippen molar-refractivity contribution < 1.29 is 14.3 Å². The van der Waals surface area contributed by atoms with Gasteiger partial charge < -0.3 is 9.47 Å². The summed E-state index contributed by atoms with van der Waals surface area (Å²) in [6, 6.07) is 0. The Hall–Kier alpha value is -2.37. The first-order chi connectivity index (χ1) is 11.5. The average molecular weight is 322 g/mol. The van der Waals surface area contributed by atoms with Crippen molar-refractivity contribution in [2.45, 2.75) is 50.0 Å². The highest BCUT2D eigenvalue weighted by Gasteiger charge is 2.70. The van der Waals surface area contributed by atoms with Crippen LogP contribution in [0.1, 0.15) is 32.6 Å². The molecule has 24 heavy (non-hydrogen) atoms. The Labute approximate surface area is 141 Å². The molecule has 0 amide bonds. The summed E-state index contributed by atoms with van der Waals surface area (Å²) in [4.78, 5) is 20.4. The van der Waals surface area contributed by atoms with E-state index in [9.17, 15) is 4.79 Å². The summed E-state index contributed by atoms with van der Waals surface area (Å²) < 4.78 is 11.5. The lowest BCUT2D eigenvalue weighted by Crippen LogP contribution is -2.40. The van der Waals surface area contributed by atoms with Gasteiger partial charge in [0.2, 0.25) is 0 Å². The van der Waals surface area contributed by atoms with Crippen LogP contribution in [-0.4, -0.2) is 29.9 Å². The number of rotatable bonds is 2. The van der Waals surface area contributed by atoms with E-state index in [1.165, 1.54) is 0 Å². The van der Waals surface area contributed by atoms with Crippen LogP contribution in [-0.2, 0) is 14.3 Å². The summed E-state index contributed by atoms with van der Waals surface area (Å²) in [7, 11) is 0. The smallest absolute Gasteiger partial charge is 0.465 e. The van der Waals surface area contributed by atoms with E-state index < -0.39 is 16.7 Å². The molecule has 2 bridgehead atoms. The molecule has 0 saturated heterocycles. The Bertz CT molecular complexity index is 780. The lowest BCUT2D eigenvalue weighted by Gasteiger charge is -2.29. The first kappa shape index (κ1) is 15.2. The standard InChI is InChI=1S/C19H18N2O3/c1-4-23-16(22)17-8-5-6-15(17)19(20-2,21-3)12-18-9-7-14(24-18)10-13(18)11-17/h6-7,9-10,14H,4-5,8,11-12H2,1H3/t14?,17-,18+/m0/s1. The third-order valence-corrected chi connectivity index (χ3v) is 5.71. The Morgan fingerprint density at radius 3 is 2.92 bits per heavy atom. The maximum atomic E-state index is 12.9. The molecular formula is C19H18N2O3. The molecule has 1 saturated carbocycles. The molecule has 2 aliphatic heterocycles. The fraction of sp³-hybridized carbons (Fsp3) is 0.526. The summed E-state index contributed by atoms with van der Waals surface area (Å²) in [5.74, 6) is -0.310. The van der Waals surface area contributed by atoms with Gasteiger partial charge in [-0.25, -0.2) is 22.8 Å². The molecule has 0 aromatic rings. The molecule has 0 aromatic carbocycles. The average Bonchev–Trinajstić information content (AvgIpc) is 3.25. The van der Waals surface area contributed by atoms with E-state index in [-0.39, 0.29) is 18.5 Å². The van der Waals surface area contributed by atoms with E-state index in [1.54, 1.807) is 6.92 Å². The highest BCUT2D eigenvalue weighted by atomic mass is 16.5. The molecule has 4 aliphatic rings. The first-order valence-corrected chi connectivity index (χ1v) is 8.28. The van der Waals surface area contributed by atoms with Crippen molar-refractivity contribution in [1.82, 2.24) is 0 Å². The zero-order chi connectivity index (χ0) is 17.0. The van der Waals surface area contributed by atoms with Gasteiger partial charge in [-0.3, -0.25) is 4.79 Å². The maximum absolute atomic E-state index is 12.9. The SMILES string of the molecule is [C-]#[N+]C1([N+]#[C-])C[C@]23C=CC(C=C2C[C@@]2(C(=O)OCC)CCC=C12)O3. The Balaban J connectivity index is 1.92. The molecule has 1 fully saturated rings. The summed E-state index contributed by atoms with van der Waals surface area (Å²) in [5.41, 5.74) is -1.37. The van der Waals surface area contributed by atoms with Crippen LogP contribution in [0, 0.1) is 18.6 Å². The number of ether oxygens (including phenoxy) is 2. The van der Waals surface area contributed by atoms with E-state index in [0.29, 0.717) is 31.4 Å². The molecule has 0 N–H and O–H groups in total. The first-order valence-electron chi connectivity index (χ1n) is 8.28. The molecule has 0 aromatic heterocycles. The Morgan fingerprint density at radius 2 is 2.25 bits per heavy atom. The van der Waals surface area contributed by atoms with Crippen LogP contribution in [0.2, 0.25) is 0 Å². The van der Waals surface area contributed by atoms with E-state index in [2.05, 4.69) is 9.69 Å². The van der Waals surface area contributed by atoms with Gasteiger partial charge in [-0.1, -0.05) is 12.2 Å². The highest BCUT2D eigenvalue weighted by Crippen LogP contribution is 2.61. The molecular weight excluding hydrogens is 304 g/mol. The van der Waals surface area contributed by atoms with Gasteiger partial charge in [-0.2, -0.15) is 0 Å². The van der Waals surface area contributed by atoms with Gasteiger partial charge in [0.05, 0.1) is 12.7 Å². The van der Waals surface area contributed by atoms with Crippen molar-refractivity contribution in [3.8, 4) is 0 Å². The molecule has 0 radical (unpaired) electrons. The molecule has 5 nitrogen and oxygen atoms in total. The number of allylic oxidation sites excluding steroid dienone is 1. The molecule has 2 heterocycles. The minimum Gasteiger partial charge on any atom is -0.465 e. The van der Waals surface area contributed by atoms with Crippen molar-refractivity contribution >= 4 is 5.97 Å². The van der Waals surface area contributed by atoms with Gasteiger partial charge in [0.25, 0.3) is 0 Å². The summed E-state index contributed by atoms with van der Waals surface area (Å²) >= 11 is 0. The van der Waals surface area contributed by atoms with Gasteiger partial charge in [-0.05, 0) is 43.9 Å². The van der Waals surface area contributed by atoms with E-state index in [1.807, 2.05) is 24.3 Å². The predicted molar refractivity (Wildman–Crippen MR) is 86.4 cm³/mol. The number of carbonyl (C=O) groups is 1. The number of hydrogen-bond acceptors (Lipinski definition) is 3. The fourth-order valence-corrected chi connectivity index (χ4v) is 4.69. The van der Waals surface area contributed by atoms with Crippen molar-refractivity contribution in [3.63, 3.8) is 0 Å². The largest absolute Gasteiger partial charge is 0.510 e. The minimum absolute atomic E-state index is 0.111. The zero-order valence-corrected chi connectivity index (χ0v) is 13.5. The quantitative estimate of drug-likeness (QED) is 0.445. The summed E-state index contributed by atoms with van der Waals surface area (Å²) in [5, 5.41) is 0. The third-order valence-electron chi connectivity index (χ3n) is 5.71. The van der Waals surface area contributed by atoms with Crippen LogP contribution in [0.3, 0.4) is 0 Å². The minimum atomic E-state index is -1.40. The summed E-state index contributed by atoms with van der Waals surface area (Å²) in [6.07, 6.45) is 9.80. The molecule has 122 valence electrons. The number of fused-ring (bicyclic) bond motifs is 2. The normalized spacial score (nSPS) is 37.4. The van der Waals surface area contributed by atoms with Gasteiger partial charge in [-0.15, -0.1) is 0 Å². The molecule has 5 heteroatoms. The molecule has 1 spiro atoms. The van der Waals surface area contributed by atoms with Crippen molar-refractivity contribution in [1.29, 1.82) is 0 Å². The summed E-state index contributed by atoms with van der Waals surface area (Å²) in [6.45, 7) is 17.6. The van der Waals surface area contributed by atoms with Crippen molar-refractivity contribution in [2.24, 2.45) is 5.41 Å². The molecule has 1 unspecified atom stereocenters. The number of nitrogens with zero attached hydrogens (tertiary/aromatic N) is 2. The van der Waals surface area contributed by atoms with E-state index in [0.717, 1.165) is 5.57 Å². The maximum Gasteiger partial charge on any atom is 0.510 e. The van der Waals surface area contributed by atoms with E-state index >= 15 is 0 Å². The van der Waals surface area contributed by atoms with Crippen LogP contribution in [0.15, 0.2) is 35.5 Å². The lowest BCUT2D eigenvalue weighted by atomic mass is 9.73. The topological polar surface area (TPSA) is 44.2 Å². The highest BCUT2D eigenvalue weighted by molar-refractivity contribution is 5.84. The zero-order valence-electron chi connectivity index (χ0n) is 13.5. The fourth-order valence-electron chi connectivity index (χ4n) is 4.69. The number of hydrogen-bond donors (Lipinski definition) is 0. The van der Waals surface area contributed by atoms with E-state index in [4.69, 9.17) is 22.6 Å². The second-order valence-corrected chi connectivity index (χ2v) is 6.88. The Morgan fingerprint density at radius 1 is 1.46 bits per heavy atom. The van der Waals surface area contributed by atoms with Crippen LogP contribution in [0.4, 0.5) is 0 Å². The molecule has 2 aliphatic carbocycles. The van der Waals surface area contributed by atoms with Crippen LogP contribution < -0.4 is 0 Å². The van der Waals surface area contributed by atoms with Crippen molar-refractivity contribution in [3.05, 3.63) is 58.3 Å². The molecule has 3 atom stereocenters. The number of esters is 1. The second kappa shape index (κ2) is 4.82. The third kappa shape index (κ3) is 1.68. The van der Waals surface area contributed by atoms with Gasteiger partial charge >= 0.3 is 11.6 Å². The monoisotopic (exact) mass is 322 g/mol. The number of carbonyl (C=O) groups excluding carboxylic acids is 1. The Kier molecular flexibility index (Phi) is 3.04. The van der Waals surface area contributed by atoms with Gasteiger partial charge in [0, 0.05) is 0 Å². The van der Waals surface area contributed by atoms with Crippen LogP contribution >= 0.6 is 0 Å². The van der Waals surface area contributed by atoms with Crippen molar-refractivity contribution in [2.75, 3.05) is 6.61 Å². The predicted octanol–water partition coefficient (Wildman–Crippen LogP) is 3.22. The van der Waals surface area contributed by atoms with Crippen LogP contribution in [0.5, 0.6) is 0 Å². The second-order valence-electron chi connectivity index (χ2n) is 6.88. The lowest BCUT2D eigenvalue weighted by molar-refractivity contribution is -0.153. The van der Waals surface area contributed by atoms with Crippen LogP contribution in [0.25, 0.3) is 9.69 Å². The molecule has 4 rings (SSSR count). The van der Waals surface area contributed by atoms with Gasteiger partial charge in [0.1, 0.15) is 23.0 Å².